The van der Waals surface area contributed by atoms with Crippen LogP contribution >= 0.6 is 0 Å². The van der Waals surface area contributed by atoms with Crippen LogP contribution in [0.2, 0.25) is 0 Å². The van der Waals surface area contributed by atoms with Crippen molar-refractivity contribution in [2.75, 3.05) is 27.1 Å². The van der Waals surface area contributed by atoms with Crippen molar-refractivity contribution in [1.29, 1.82) is 0 Å². The topological polar surface area (TPSA) is 140 Å². The molecule has 2 aromatic carbocycles. The zero-order valence-corrected chi connectivity index (χ0v) is 18.4. The number of carbonyl (C=O) groups excluding carboxylic acids is 2. The van der Waals surface area contributed by atoms with Crippen molar-refractivity contribution in [3.05, 3.63) is 59.3 Å². The average Bonchev–Trinajstić information content (AvgIpc) is 2.78. The molecule has 2 aromatic rings. The van der Waals surface area contributed by atoms with E-state index in [0.29, 0.717) is 11.3 Å². The van der Waals surface area contributed by atoms with Gasteiger partial charge in [0.15, 0.2) is 21.3 Å². The summed E-state index contributed by atoms with van der Waals surface area (Å²) in [6.07, 6.45) is 0. The Morgan fingerprint density at radius 1 is 1.06 bits per heavy atom. The maximum absolute atomic E-state index is 13.0. The third kappa shape index (κ3) is 4.62. The molecule has 1 aliphatic heterocycles. The molecular formula is C21H22N2O8S. The van der Waals surface area contributed by atoms with Crippen LogP contribution in [-0.4, -0.2) is 52.6 Å². The molecule has 11 heteroatoms. The number of urea groups is 1. The number of hydrogen-bond acceptors (Lipinski definition) is 8. The molecule has 32 heavy (non-hydrogen) atoms. The number of rotatable bonds is 7. The van der Waals surface area contributed by atoms with E-state index < -0.39 is 33.6 Å². The molecule has 170 valence electrons. The highest BCUT2D eigenvalue weighted by Gasteiger charge is 2.36. The summed E-state index contributed by atoms with van der Waals surface area (Å²) < 4.78 is 41.0. The van der Waals surface area contributed by atoms with E-state index in [2.05, 4.69) is 10.6 Å². The molecule has 1 atom stereocenters. The van der Waals surface area contributed by atoms with Crippen molar-refractivity contribution in [2.24, 2.45) is 0 Å². The summed E-state index contributed by atoms with van der Waals surface area (Å²) in [5.41, 5.74) is 0.180. The van der Waals surface area contributed by atoms with Crippen LogP contribution in [0.15, 0.2) is 58.6 Å². The second-order valence-corrected chi connectivity index (χ2v) is 8.77. The van der Waals surface area contributed by atoms with Crippen molar-refractivity contribution in [2.45, 2.75) is 10.9 Å². The zero-order chi connectivity index (χ0) is 23.5. The maximum Gasteiger partial charge on any atom is 0.338 e. The highest BCUT2D eigenvalue weighted by Crippen LogP contribution is 2.34. The average molecular weight is 462 g/mol. The lowest BCUT2D eigenvalue weighted by Gasteiger charge is -2.29. The summed E-state index contributed by atoms with van der Waals surface area (Å²) in [5, 5.41) is 14.9. The van der Waals surface area contributed by atoms with Gasteiger partial charge in [0.2, 0.25) is 0 Å². The monoisotopic (exact) mass is 462 g/mol. The number of nitrogens with one attached hydrogen (secondary N) is 2. The highest BCUT2D eigenvalue weighted by molar-refractivity contribution is 7.91. The second-order valence-electron chi connectivity index (χ2n) is 6.78. The minimum Gasteiger partial charge on any atom is -0.504 e. The summed E-state index contributed by atoms with van der Waals surface area (Å²) in [7, 11) is 0.0214. The molecule has 0 radical (unpaired) electrons. The largest absolute Gasteiger partial charge is 0.504 e. The van der Waals surface area contributed by atoms with Crippen LogP contribution in [0.5, 0.6) is 17.2 Å². The normalized spacial score (nSPS) is 16.1. The van der Waals surface area contributed by atoms with Gasteiger partial charge in [-0.25, -0.2) is 18.0 Å². The lowest BCUT2D eigenvalue weighted by Crippen LogP contribution is -2.47. The number of methoxy groups -OCH3 is 3. The number of amides is 2. The molecular weight excluding hydrogens is 440 g/mol. The number of phenols is 1. The van der Waals surface area contributed by atoms with Crippen LogP contribution < -0.4 is 20.1 Å². The maximum atomic E-state index is 13.0. The molecule has 0 saturated heterocycles. The SMILES string of the molecule is COC(=O)C1=C(CS(=O)(=O)c2ccc(OC)cc2)NC(=O)N[C@H]1c1ccc(O)c(OC)c1. The number of ether oxygens (including phenoxy) is 3. The molecule has 1 heterocycles. The predicted molar refractivity (Wildman–Crippen MR) is 113 cm³/mol. The summed E-state index contributed by atoms with van der Waals surface area (Å²) in [5.74, 6) is -1.01. The summed E-state index contributed by atoms with van der Waals surface area (Å²) in [6, 6.07) is 8.25. The molecule has 3 rings (SSSR count). The third-order valence-corrected chi connectivity index (χ3v) is 6.51. The smallest absolute Gasteiger partial charge is 0.338 e. The number of phenolic OH excluding ortho intramolecular Hbond substituents is 1. The standard InChI is InChI=1S/C21H22N2O8S/c1-29-13-5-7-14(8-6-13)32(27,28)11-15-18(20(25)31-3)19(23-21(26)22-15)12-4-9-16(24)17(10-12)30-2/h4-10,19,24H,11H2,1-3H3,(H2,22,23,26)/t19-/m0/s1. The van der Waals surface area contributed by atoms with Crippen LogP contribution in [0.4, 0.5) is 4.79 Å². The Kier molecular flexibility index (Phi) is 6.58. The highest BCUT2D eigenvalue weighted by atomic mass is 32.2. The first-order valence-corrected chi connectivity index (χ1v) is 11.0. The molecule has 0 aromatic heterocycles. The minimum atomic E-state index is -3.94. The molecule has 3 N–H and O–H groups in total. The lowest BCUT2D eigenvalue weighted by molar-refractivity contribution is -0.136. The van der Waals surface area contributed by atoms with Gasteiger partial charge in [-0.15, -0.1) is 0 Å². The molecule has 0 spiro atoms. The first-order valence-electron chi connectivity index (χ1n) is 9.32. The van der Waals surface area contributed by atoms with E-state index in [4.69, 9.17) is 14.2 Å². The molecule has 2 amide bonds. The Morgan fingerprint density at radius 2 is 1.75 bits per heavy atom. The quantitative estimate of drug-likeness (QED) is 0.528. The van der Waals surface area contributed by atoms with Gasteiger partial charge >= 0.3 is 12.0 Å². The van der Waals surface area contributed by atoms with Crippen LogP contribution in [-0.2, 0) is 19.4 Å². The third-order valence-electron chi connectivity index (χ3n) is 4.85. The molecule has 0 aliphatic carbocycles. The van der Waals surface area contributed by atoms with Crippen LogP contribution in [0.3, 0.4) is 0 Å². The lowest BCUT2D eigenvalue weighted by atomic mass is 9.95. The Balaban J connectivity index is 2.09. The fourth-order valence-corrected chi connectivity index (χ4v) is 4.59. The number of esters is 1. The second kappa shape index (κ2) is 9.18. The first-order chi connectivity index (χ1) is 15.2. The Hall–Kier alpha value is -3.73. The van der Waals surface area contributed by atoms with Crippen molar-refractivity contribution >= 4 is 21.8 Å². The fraction of sp³-hybridized carbons (Fsp3) is 0.238. The molecule has 0 bridgehead atoms. The van der Waals surface area contributed by atoms with E-state index in [9.17, 15) is 23.1 Å². The van der Waals surface area contributed by atoms with E-state index in [1.165, 1.54) is 56.7 Å². The number of sulfone groups is 1. The summed E-state index contributed by atoms with van der Waals surface area (Å²) in [4.78, 5) is 25.0. The zero-order valence-electron chi connectivity index (χ0n) is 17.5. The minimum absolute atomic E-state index is 0.00866. The van der Waals surface area contributed by atoms with E-state index in [1.54, 1.807) is 0 Å². The number of carbonyl (C=O) groups is 2. The van der Waals surface area contributed by atoms with E-state index >= 15 is 0 Å². The molecule has 0 fully saturated rings. The molecule has 0 unspecified atom stereocenters. The number of aromatic hydroxyl groups is 1. The molecule has 1 aliphatic rings. The first kappa shape index (κ1) is 22.9. The van der Waals surface area contributed by atoms with Gasteiger partial charge in [-0.1, -0.05) is 6.07 Å². The molecule has 0 saturated carbocycles. The van der Waals surface area contributed by atoms with Gasteiger partial charge in [-0.2, -0.15) is 0 Å². The van der Waals surface area contributed by atoms with Gasteiger partial charge in [0.25, 0.3) is 0 Å². The van der Waals surface area contributed by atoms with Gasteiger partial charge in [0.05, 0.1) is 43.6 Å². The van der Waals surface area contributed by atoms with Gasteiger partial charge < -0.3 is 30.0 Å². The van der Waals surface area contributed by atoms with E-state index in [0.717, 1.165) is 7.11 Å². The van der Waals surface area contributed by atoms with Crippen LogP contribution in [0, 0.1) is 0 Å². The van der Waals surface area contributed by atoms with Crippen LogP contribution in [0.25, 0.3) is 0 Å². The Bertz CT molecular complexity index is 1170. The van der Waals surface area contributed by atoms with Gasteiger partial charge in [0, 0.05) is 5.70 Å². The number of hydrogen-bond donors (Lipinski definition) is 3. The van der Waals surface area contributed by atoms with E-state index in [-0.39, 0.29) is 27.7 Å². The summed E-state index contributed by atoms with van der Waals surface area (Å²) >= 11 is 0. The van der Waals surface area contributed by atoms with Gasteiger partial charge in [0.1, 0.15) is 5.75 Å². The van der Waals surface area contributed by atoms with Gasteiger partial charge in [-0.3, -0.25) is 0 Å². The predicted octanol–water partition coefficient (Wildman–Crippen LogP) is 1.66. The molecule has 10 nitrogen and oxygen atoms in total. The van der Waals surface area contributed by atoms with Crippen molar-refractivity contribution in [1.82, 2.24) is 10.6 Å². The Morgan fingerprint density at radius 3 is 2.34 bits per heavy atom. The van der Waals surface area contributed by atoms with Crippen molar-refractivity contribution in [3.8, 4) is 17.2 Å². The Labute approximate surface area is 184 Å². The van der Waals surface area contributed by atoms with Crippen molar-refractivity contribution in [3.63, 3.8) is 0 Å². The van der Waals surface area contributed by atoms with E-state index in [1.807, 2.05) is 0 Å². The van der Waals surface area contributed by atoms with Crippen LogP contribution in [0.1, 0.15) is 11.6 Å². The van der Waals surface area contributed by atoms with Crippen molar-refractivity contribution < 1.29 is 37.3 Å². The summed E-state index contributed by atoms with van der Waals surface area (Å²) in [6.45, 7) is 0. The number of benzene rings is 2. The van der Waals surface area contributed by atoms with Gasteiger partial charge in [-0.05, 0) is 42.0 Å². The fourth-order valence-electron chi connectivity index (χ4n) is 3.26.